The van der Waals surface area contributed by atoms with Crippen molar-refractivity contribution in [2.24, 2.45) is 16.3 Å². The van der Waals surface area contributed by atoms with Gasteiger partial charge in [-0.25, -0.2) is 0 Å². The minimum atomic E-state index is -0.559. The molecule has 28 heavy (non-hydrogen) atoms. The van der Waals surface area contributed by atoms with Gasteiger partial charge in [-0.05, 0) is 35.8 Å². The zero-order valence-corrected chi connectivity index (χ0v) is 18.2. The molecule has 0 aliphatic carbocycles. The number of rotatable bonds is 5. The van der Waals surface area contributed by atoms with Crippen molar-refractivity contribution < 1.29 is 9.84 Å². The molecule has 1 aromatic carbocycles. The van der Waals surface area contributed by atoms with Gasteiger partial charge in [-0.15, -0.1) is 11.3 Å². The number of aliphatic hydroxyl groups is 1. The summed E-state index contributed by atoms with van der Waals surface area (Å²) < 4.78 is 7.27. The number of benzene rings is 1. The van der Waals surface area contributed by atoms with Crippen molar-refractivity contribution in [3.05, 3.63) is 35.2 Å². The Kier molecular flexibility index (Phi) is 6.96. The van der Waals surface area contributed by atoms with Gasteiger partial charge in [0, 0.05) is 42.2 Å². The molecule has 0 amide bonds. The summed E-state index contributed by atoms with van der Waals surface area (Å²) >= 11 is 1.64. The Labute approximate surface area is 172 Å². The number of guanidine groups is 1. The Bertz CT molecular complexity index is 763. The number of ether oxygens (including phenoxy) is 1. The summed E-state index contributed by atoms with van der Waals surface area (Å²) in [4.78, 5) is 5.28. The lowest BCUT2D eigenvalue weighted by Crippen LogP contribution is -2.48. The second-order valence-corrected chi connectivity index (χ2v) is 9.71. The molecule has 3 unspecified atom stereocenters. The zero-order chi connectivity index (χ0) is 20.1. The molecule has 6 heteroatoms. The predicted octanol–water partition coefficient (Wildman–Crippen LogP) is 3.94. The Hall–Kier alpha value is -1.63. The van der Waals surface area contributed by atoms with Gasteiger partial charge in [-0.2, -0.15) is 0 Å². The summed E-state index contributed by atoms with van der Waals surface area (Å²) in [6.45, 7) is 8.82. The van der Waals surface area contributed by atoms with Crippen LogP contribution in [0.25, 0.3) is 10.1 Å². The molecule has 1 saturated heterocycles. The summed E-state index contributed by atoms with van der Waals surface area (Å²) in [6.07, 6.45) is 1.96. The first kappa shape index (κ1) is 21.1. The maximum Gasteiger partial charge on any atom is 0.191 e. The maximum absolute atomic E-state index is 10.6. The van der Waals surface area contributed by atoms with Crippen molar-refractivity contribution in [1.82, 2.24) is 10.6 Å². The first-order valence-corrected chi connectivity index (χ1v) is 10.9. The summed E-state index contributed by atoms with van der Waals surface area (Å²) in [7, 11) is 1.76. The Balaban J connectivity index is 1.52. The van der Waals surface area contributed by atoms with Gasteiger partial charge in [0.05, 0.1) is 6.10 Å². The normalized spacial score (nSPS) is 22.2. The van der Waals surface area contributed by atoms with E-state index < -0.39 is 6.10 Å². The van der Waals surface area contributed by atoms with E-state index >= 15 is 0 Å². The van der Waals surface area contributed by atoms with Crippen LogP contribution in [0.5, 0.6) is 0 Å². The lowest BCUT2D eigenvalue weighted by molar-refractivity contribution is -0.0835. The second kappa shape index (κ2) is 9.25. The van der Waals surface area contributed by atoms with Crippen LogP contribution in [-0.2, 0) is 4.74 Å². The molecule has 0 bridgehead atoms. The third-order valence-corrected chi connectivity index (χ3v) is 6.51. The van der Waals surface area contributed by atoms with Crippen molar-refractivity contribution >= 4 is 27.4 Å². The number of nitrogens with one attached hydrogen (secondary N) is 2. The maximum atomic E-state index is 10.6. The standard InChI is InChI=1S/C22H33N3O2S/c1-22(2,3)20-16(9-7-11-27-20)13-24-21(23-4)25-14-17(26)19-12-15-8-5-6-10-18(15)28-19/h5-6,8,10,12,16-17,20,26H,7,9,11,13-14H2,1-4H3,(H2,23,24,25). The zero-order valence-electron chi connectivity index (χ0n) is 17.4. The molecule has 3 rings (SSSR count). The quantitative estimate of drug-likeness (QED) is 0.523. The molecule has 2 heterocycles. The van der Waals surface area contributed by atoms with Gasteiger partial charge in [0.2, 0.25) is 0 Å². The molecule has 3 atom stereocenters. The van der Waals surface area contributed by atoms with Crippen molar-refractivity contribution in [2.75, 3.05) is 26.7 Å². The van der Waals surface area contributed by atoms with Crippen molar-refractivity contribution in [2.45, 2.75) is 45.8 Å². The van der Waals surface area contributed by atoms with Gasteiger partial charge in [0.1, 0.15) is 6.10 Å². The SMILES string of the molecule is CN=C(NCC(O)c1cc2ccccc2s1)NCC1CCCOC1C(C)(C)C. The minimum absolute atomic E-state index is 0.126. The molecular formula is C22H33N3O2S. The summed E-state index contributed by atoms with van der Waals surface area (Å²) in [5, 5.41) is 18.4. The van der Waals surface area contributed by atoms with Crippen LogP contribution in [0.4, 0.5) is 0 Å². The van der Waals surface area contributed by atoms with E-state index in [0.717, 1.165) is 36.8 Å². The number of fused-ring (bicyclic) bond motifs is 1. The number of nitrogens with zero attached hydrogens (tertiary/aromatic N) is 1. The fourth-order valence-corrected chi connectivity index (χ4v) is 4.97. The van der Waals surface area contributed by atoms with Gasteiger partial charge < -0.3 is 20.5 Å². The van der Waals surface area contributed by atoms with E-state index in [0.29, 0.717) is 12.5 Å². The summed E-state index contributed by atoms with van der Waals surface area (Å²) in [6, 6.07) is 10.3. The Morgan fingerprint density at radius 3 is 2.82 bits per heavy atom. The van der Waals surface area contributed by atoms with Gasteiger partial charge >= 0.3 is 0 Å². The van der Waals surface area contributed by atoms with Gasteiger partial charge in [-0.3, -0.25) is 4.99 Å². The van der Waals surface area contributed by atoms with E-state index in [1.807, 2.05) is 12.1 Å². The van der Waals surface area contributed by atoms with E-state index in [2.05, 4.69) is 54.6 Å². The fraction of sp³-hybridized carbons (Fsp3) is 0.591. The van der Waals surface area contributed by atoms with Crippen LogP contribution in [0.3, 0.4) is 0 Å². The number of thiophene rings is 1. The van der Waals surface area contributed by atoms with Crippen molar-refractivity contribution in [3.63, 3.8) is 0 Å². The fourth-order valence-electron chi connectivity index (χ4n) is 3.92. The third-order valence-electron chi connectivity index (χ3n) is 5.29. The molecule has 1 aliphatic rings. The van der Waals surface area contributed by atoms with Gasteiger partial charge in [0.25, 0.3) is 0 Å². The van der Waals surface area contributed by atoms with Crippen LogP contribution in [0.15, 0.2) is 35.3 Å². The highest BCUT2D eigenvalue weighted by Gasteiger charge is 2.35. The largest absolute Gasteiger partial charge is 0.386 e. The molecule has 2 aromatic rings. The molecule has 1 aromatic heterocycles. The molecular weight excluding hydrogens is 370 g/mol. The van der Waals surface area contributed by atoms with Crippen LogP contribution in [0.2, 0.25) is 0 Å². The minimum Gasteiger partial charge on any atom is -0.386 e. The number of hydrogen-bond acceptors (Lipinski definition) is 4. The van der Waals surface area contributed by atoms with E-state index in [1.54, 1.807) is 18.4 Å². The van der Waals surface area contributed by atoms with Crippen LogP contribution in [0, 0.1) is 11.3 Å². The molecule has 154 valence electrons. The average molecular weight is 404 g/mol. The van der Waals surface area contributed by atoms with Crippen LogP contribution in [-0.4, -0.2) is 43.9 Å². The predicted molar refractivity (Wildman–Crippen MR) is 118 cm³/mol. The average Bonchev–Trinajstić information content (AvgIpc) is 3.12. The third kappa shape index (κ3) is 5.25. The highest BCUT2D eigenvalue weighted by molar-refractivity contribution is 7.19. The number of aliphatic hydroxyl groups excluding tert-OH is 1. The molecule has 0 saturated carbocycles. The first-order valence-electron chi connectivity index (χ1n) is 10.1. The van der Waals surface area contributed by atoms with Gasteiger partial charge in [-0.1, -0.05) is 39.0 Å². The Morgan fingerprint density at radius 1 is 1.32 bits per heavy atom. The lowest BCUT2D eigenvalue weighted by atomic mass is 9.78. The molecule has 0 spiro atoms. The molecule has 0 radical (unpaired) electrons. The van der Waals surface area contributed by atoms with E-state index in [9.17, 15) is 5.11 Å². The lowest BCUT2D eigenvalue weighted by Gasteiger charge is -2.40. The number of aliphatic imine (C=N–C) groups is 1. The monoisotopic (exact) mass is 403 g/mol. The van der Waals surface area contributed by atoms with Crippen LogP contribution in [0.1, 0.15) is 44.6 Å². The van der Waals surface area contributed by atoms with Crippen molar-refractivity contribution in [1.29, 1.82) is 0 Å². The van der Waals surface area contributed by atoms with Gasteiger partial charge in [0.15, 0.2) is 5.96 Å². The van der Waals surface area contributed by atoms with E-state index in [-0.39, 0.29) is 11.5 Å². The van der Waals surface area contributed by atoms with Crippen molar-refractivity contribution in [3.8, 4) is 0 Å². The highest BCUT2D eigenvalue weighted by Crippen LogP contribution is 2.33. The summed E-state index contributed by atoms with van der Waals surface area (Å²) in [5.41, 5.74) is 0.126. The number of hydrogen-bond donors (Lipinski definition) is 3. The van der Waals surface area contributed by atoms with Crippen LogP contribution >= 0.6 is 11.3 Å². The van der Waals surface area contributed by atoms with E-state index in [1.165, 1.54) is 10.1 Å². The highest BCUT2D eigenvalue weighted by atomic mass is 32.1. The molecule has 5 nitrogen and oxygen atoms in total. The first-order chi connectivity index (χ1) is 13.4. The molecule has 1 fully saturated rings. The molecule has 3 N–H and O–H groups in total. The topological polar surface area (TPSA) is 65.9 Å². The van der Waals surface area contributed by atoms with E-state index in [4.69, 9.17) is 4.74 Å². The smallest absolute Gasteiger partial charge is 0.191 e. The molecule has 1 aliphatic heterocycles. The second-order valence-electron chi connectivity index (χ2n) is 8.60. The summed E-state index contributed by atoms with van der Waals surface area (Å²) in [5.74, 6) is 1.18. The Morgan fingerprint density at radius 2 is 2.11 bits per heavy atom. The van der Waals surface area contributed by atoms with Crippen LogP contribution < -0.4 is 10.6 Å².